The highest BCUT2D eigenvalue weighted by molar-refractivity contribution is 5.80. The van der Waals surface area contributed by atoms with Crippen LogP contribution in [-0.4, -0.2) is 64.7 Å². The van der Waals surface area contributed by atoms with E-state index < -0.39 is 0 Å². The molecule has 0 unspecified atom stereocenters. The average Bonchev–Trinajstić information content (AvgIpc) is 2.86. The predicted octanol–water partition coefficient (Wildman–Crippen LogP) is 3.02. The van der Waals surface area contributed by atoms with E-state index in [1.807, 2.05) is 0 Å². The fourth-order valence-corrected chi connectivity index (χ4v) is 5.11. The van der Waals surface area contributed by atoms with E-state index in [1.54, 1.807) is 0 Å². The van der Waals surface area contributed by atoms with Gasteiger partial charge in [0, 0.05) is 69.7 Å². The lowest BCUT2D eigenvalue weighted by molar-refractivity contribution is 0.120. The molecule has 1 aromatic carbocycles. The number of allylic oxidation sites excluding steroid dienone is 3. The van der Waals surface area contributed by atoms with Gasteiger partial charge < -0.3 is 14.4 Å². The summed E-state index contributed by atoms with van der Waals surface area (Å²) in [6.07, 6.45) is 11.8. The lowest BCUT2D eigenvalue weighted by Crippen LogP contribution is -2.52. The fraction of sp³-hybridized carbons (Fsp3) is 0.522. The molecule has 3 heterocycles. The number of fused-ring (bicyclic) bond motifs is 3. The van der Waals surface area contributed by atoms with E-state index in [1.165, 1.54) is 55.1 Å². The summed E-state index contributed by atoms with van der Waals surface area (Å²) in [6, 6.07) is 7.78. The van der Waals surface area contributed by atoms with Crippen molar-refractivity contribution in [3.8, 4) is 0 Å². The molecule has 5 nitrogen and oxygen atoms in total. The summed E-state index contributed by atoms with van der Waals surface area (Å²) in [6.45, 7) is 7.88. The lowest BCUT2D eigenvalue weighted by Gasteiger charge is -2.43. The van der Waals surface area contributed by atoms with Crippen molar-refractivity contribution in [2.24, 2.45) is 0 Å². The monoisotopic (exact) mass is 375 g/mol. The maximum atomic E-state index is 4.96. The first-order valence-electron chi connectivity index (χ1n) is 11.0. The molecule has 5 heteroatoms. The van der Waals surface area contributed by atoms with Gasteiger partial charge in [-0.3, -0.25) is 4.90 Å². The number of benzene rings is 1. The molecule has 146 valence electrons. The van der Waals surface area contributed by atoms with Crippen molar-refractivity contribution in [2.75, 3.05) is 44.2 Å². The maximum Gasteiger partial charge on any atom is 0.111 e. The van der Waals surface area contributed by atoms with Crippen LogP contribution in [0.4, 0.5) is 5.69 Å². The second-order valence-corrected chi connectivity index (χ2v) is 8.65. The molecule has 2 aliphatic heterocycles. The van der Waals surface area contributed by atoms with Crippen LogP contribution in [0.15, 0.2) is 42.1 Å². The largest absolute Gasteiger partial charge is 0.369 e. The first kappa shape index (κ1) is 16.7. The lowest BCUT2D eigenvalue weighted by atomic mass is 9.91. The summed E-state index contributed by atoms with van der Waals surface area (Å²) in [5, 5.41) is 0. The van der Waals surface area contributed by atoms with Crippen molar-refractivity contribution in [2.45, 2.75) is 38.3 Å². The van der Waals surface area contributed by atoms with Crippen molar-refractivity contribution < 1.29 is 0 Å². The normalized spacial score (nSPS) is 23.2. The minimum absolute atomic E-state index is 0.874. The fourth-order valence-electron chi connectivity index (χ4n) is 5.11. The van der Waals surface area contributed by atoms with Gasteiger partial charge in [-0.05, 0) is 43.2 Å². The third kappa shape index (κ3) is 2.75. The standard InChI is InChI=1S/C23H29N5/c1-3-18(4-1)25-10-9-23-24-21-8-7-20(17-22(21)28(23)16-15-25)27-13-11-26(12-14-27)19-5-2-6-19/h1,3-4,7-8,17,19H,2,5-6,9-16H2. The van der Waals surface area contributed by atoms with Crippen LogP contribution in [0.25, 0.3) is 11.0 Å². The smallest absolute Gasteiger partial charge is 0.111 e. The molecule has 2 aliphatic carbocycles. The van der Waals surface area contributed by atoms with Crippen LogP contribution in [0.1, 0.15) is 25.1 Å². The molecule has 28 heavy (non-hydrogen) atoms. The number of nitrogens with zero attached hydrogens (tertiary/aromatic N) is 5. The summed E-state index contributed by atoms with van der Waals surface area (Å²) < 4.78 is 2.46. The number of hydrogen-bond donors (Lipinski definition) is 0. The number of rotatable bonds is 3. The molecule has 6 rings (SSSR count). The second-order valence-electron chi connectivity index (χ2n) is 8.65. The van der Waals surface area contributed by atoms with Crippen LogP contribution in [0.2, 0.25) is 0 Å². The average molecular weight is 376 g/mol. The Labute approximate surface area is 166 Å². The highest BCUT2D eigenvalue weighted by Gasteiger charge is 2.28. The molecule has 0 N–H and O–H groups in total. The molecule has 0 amide bonds. The van der Waals surface area contributed by atoms with Gasteiger partial charge in [0.25, 0.3) is 0 Å². The van der Waals surface area contributed by atoms with Crippen molar-refractivity contribution in [1.82, 2.24) is 19.4 Å². The second kappa shape index (κ2) is 6.66. The molecular weight excluding hydrogens is 346 g/mol. The van der Waals surface area contributed by atoms with Crippen LogP contribution in [-0.2, 0) is 13.0 Å². The van der Waals surface area contributed by atoms with Crippen molar-refractivity contribution in [3.63, 3.8) is 0 Å². The van der Waals surface area contributed by atoms with Crippen LogP contribution in [0, 0.1) is 0 Å². The Morgan fingerprint density at radius 3 is 2.43 bits per heavy atom. The van der Waals surface area contributed by atoms with E-state index in [2.05, 4.69) is 55.7 Å². The van der Waals surface area contributed by atoms with E-state index in [9.17, 15) is 0 Å². The van der Waals surface area contributed by atoms with Gasteiger partial charge >= 0.3 is 0 Å². The summed E-state index contributed by atoms with van der Waals surface area (Å²) >= 11 is 0. The number of aromatic nitrogens is 2. The molecule has 0 bridgehead atoms. The Hall–Kier alpha value is -2.27. The molecule has 4 aliphatic rings. The van der Waals surface area contributed by atoms with Crippen molar-refractivity contribution >= 4 is 16.7 Å². The summed E-state index contributed by atoms with van der Waals surface area (Å²) in [5.41, 5.74) is 5.21. The molecule has 0 radical (unpaired) electrons. The number of piperazine rings is 1. The van der Waals surface area contributed by atoms with Crippen LogP contribution in [0.5, 0.6) is 0 Å². The van der Waals surface area contributed by atoms with Gasteiger partial charge in [0.1, 0.15) is 5.82 Å². The quantitative estimate of drug-likeness (QED) is 0.824. The number of anilines is 1. The zero-order valence-electron chi connectivity index (χ0n) is 16.6. The predicted molar refractivity (Wildman–Crippen MR) is 114 cm³/mol. The Morgan fingerprint density at radius 1 is 0.893 bits per heavy atom. The summed E-state index contributed by atoms with van der Waals surface area (Å²) in [4.78, 5) is 12.7. The van der Waals surface area contributed by atoms with Crippen LogP contribution < -0.4 is 4.90 Å². The van der Waals surface area contributed by atoms with Crippen molar-refractivity contribution in [1.29, 1.82) is 0 Å². The third-order valence-electron chi connectivity index (χ3n) is 7.18. The zero-order valence-corrected chi connectivity index (χ0v) is 16.6. The molecule has 0 spiro atoms. The summed E-state index contributed by atoms with van der Waals surface area (Å²) in [7, 11) is 0. The Kier molecular flexibility index (Phi) is 3.96. The van der Waals surface area contributed by atoms with Crippen LogP contribution in [0.3, 0.4) is 0 Å². The number of imidazole rings is 1. The first-order valence-corrected chi connectivity index (χ1v) is 11.0. The Balaban J connectivity index is 1.21. The van der Waals surface area contributed by atoms with E-state index in [4.69, 9.17) is 4.98 Å². The van der Waals surface area contributed by atoms with E-state index in [0.29, 0.717) is 0 Å². The van der Waals surface area contributed by atoms with E-state index in [0.717, 1.165) is 50.7 Å². The van der Waals surface area contributed by atoms with Gasteiger partial charge in [-0.15, -0.1) is 0 Å². The third-order valence-corrected chi connectivity index (χ3v) is 7.18. The van der Waals surface area contributed by atoms with E-state index in [-0.39, 0.29) is 0 Å². The minimum atomic E-state index is 0.874. The minimum Gasteiger partial charge on any atom is -0.369 e. The molecule has 2 fully saturated rings. The number of hydrogen-bond acceptors (Lipinski definition) is 4. The Morgan fingerprint density at radius 2 is 1.71 bits per heavy atom. The van der Waals surface area contributed by atoms with Gasteiger partial charge in [-0.1, -0.05) is 12.5 Å². The van der Waals surface area contributed by atoms with E-state index >= 15 is 0 Å². The van der Waals surface area contributed by atoms with Crippen molar-refractivity contribution in [3.05, 3.63) is 47.9 Å². The van der Waals surface area contributed by atoms with Gasteiger partial charge in [0.2, 0.25) is 0 Å². The van der Waals surface area contributed by atoms with Gasteiger partial charge in [0.05, 0.1) is 11.0 Å². The molecule has 2 aromatic rings. The maximum absolute atomic E-state index is 4.96. The van der Waals surface area contributed by atoms with Gasteiger partial charge in [-0.25, -0.2) is 4.98 Å². The zero-order chi connectivity index (χ0) is 18.5. The molecule has 1 saturated carbocycles. The molecule has 0 atom stereocenters. The molecular formula is C23H29N5. The van der Waals surface area contributed by atoms with Gasteiger partial charge in [-0.2, -0.15) is 0 Å². The van der Waals surface area contributed by atoms with Gasteiger partial charge in [0.15, 0.2) is 0 Å². The highest BCUT2D eigenvalue weighted by Crippen LogP contribution is 2.29. The SMILES string of the molecule is C1=CC(N2CCc3nc4ccc(N5CCN(C6CCC6)CC5)cc4n3CC2)=C1. The highest BCUT2D eigenvalue weighted by atomic mass is 15.3. The van der Waals surface area contributed by atoms with Crippen LogP contribution >= 0.6 is 0 Å². The summed E-state index contributed by atoms with van der Waals surface area (Å²) in [5.74, 6) is 1.24. The molecule has 1 aromatic heterocycles. The Bertz CT molecular complexity index is 943. The molecule has 1 saturated heterocycles. The topological polar surface area (TPSA) is 27.5 Å². The first-order chi connectivity index (χ1) is 13.8.